The Bertz CT molecular complexity index is 1260. The van der Waals surface area contributed by atoms with Gasteiger partial charge in [-0.3, -0.25) is 19.1 Å². The normalized spacial score (nSPS) is 15.9. The fraction of sp³-hybridized carbons (Fsp3) is 0.211. The van der Waals surface area contributed by atoms with Crippen molar-refractivity contribution in [3.8, 4) is 11.5 Å². The van der Waals surface area contributed by atoms with Gasteiger partial charge in [-0.15, -0.1) is 0 Å². The number of aromatic nitrogens is 4. The molecule has 0 fully saturated rings. The molecule has 0 radical (unpaired) electrons. The number of hydrogen-bond acceptors (Lipinski definition) is 5. The zero-order valence-electron chi connectivity index (χ0n) is 14.6. The molecule has 0 bridgehead atoms. The molecule has 4 aromatic rings. The van der Waals surface area contributed by atoms with Crippen LogP contribution >= 0.6 is 15.9 Å². The second-order valence-corrected chi connectivity index (χ2v) is 7.19. The summed E-state index contributed by atoms with van der Waals surface area (Å²) in [5.74, 6) is 1.26. The fourth-order valence-electron chi connectivity index (χ4n) is 3.70. The van der Waals surface area contributed by atoms with E-state index in [0.717, 1.165) is 22.1 Å². The molecule has 4 heterocycles. The predicted molar refractivity (Wildman–Crippen MR) is 105 cm³/mol. The van der Waals surface area contributed by atoms with Gasteiger partial charge in [0.2, 0.25) is 0 Å². The average Bonchev–Trinajstić information content (AvgIpc) is 2.85. The highest BCUT2D eigenvalue weighted by Gasteiger charge is 2.30. The Labute approximate surface area is 162 Å². The van der Waals surface area contributed by atoms with Gasteiger partial charge >= 0.3 is 5.69 Å². The minimum atomic E-state index is -0.349. The van der Waals surface area contributed by atoms with Crippen molar-refractivity contribution in [3.63, 3.8) is 0 Å². The first-order valence-electron chi connectivity index (χ1n) is 8.41. The van der Waals surface area contributed by atoms with Gasteiger partial charge in [-0.2, -0.15) is 0 Å². The third kappa shape index (κ3) is 2.16. The summed E-state index contributed by atoms with van der Waals surface area (Å²) in [6, 6.07) is 7.16. The predicted octanol–water partition coefficient (Wildman–Crippen LogP) is 3.04. The number of imidazole rings is 1. The number of benzene rings is 1. The number of pyridine rings is 2. The number of aryl methyl sites for hydroxylation is 1. The molecule has 3 aromatic heterocycles. The number of ether oxygens (including phenoxy) is 2. The molecule has 1 atom stereocenters. The van der Waals surface area contributed by atoms with Crippen molar-refractivity contribution in [2.45, 2.75) is 6.04 Å². The summed E-state index contributed by atoms with van der Waals surface area (Å²) >= 11 is 3.59. The van der Waals surface area contributed by atoms with Gasteiger partial charge in [0.15, 0.2) is 0 Å². The number of hydrogen-bond donors (Lipinski definition) is 0. The smallest absolute Gasteiger partial charge is 0.329 e. The highest BCUT2D eigenvalue weighted by atomic mass is 79.9. The van der Waals surface area contributed by atoms with E-state index in [-0.39, 0.29) is 18.3 Å². The molecule has 7 nitrogen and oxygen atoms in total. The third-order valence-corrected chi connectivity index (χ3v) is 5.76. The first-order valence-corrected chi connectivity index (χ1v) is 9.21. The van der Waals surface area contributed by atoms with E-state index < -0.39 is 0 Å². The van der Waals surface area contributed by atoms with Gasteiger partial charge in [0.1, 0.15) is 28.6 Å². The maximum Gasteiger partial charge on any atom is 0.329 e. The molecule has 0 saturated carbocycles. The summed E-state index contributed by atoms with van der Waals surface area (Å²) in [7, 11) is 3.36. The van der Waals surface area contributed by atoms with E-state index in [1.165, 1.54) is 0 Å². The molecule has 27 heavy (non-hydrogen) atoms. The Kier molecular flexibility index (Phi) is 3.51. The zero-order chi connectivity index (χ0) is 18.7. The maximum atomic E-state index is 13.1. The summed E-state index contributed by atoms with van der Waals surface area (Å²) in [5.41, 5.74) is 2.89. The van der Waals surface area contributed by atoms with Gasteiger partial charge < -0.3 is 9.47 Å². The molecule has 1 unspecified atom stereocenters. The van der Waals surface area contributed by atoms with Crippen LogP contribution in [0.1, 0.15) is 11.7 Å². The van der Waals surface area contributed by atoms with Crippen LogP contribution in [-0.2, 0) is 7.05 Å². The number of rotatable bonds is 2. The summed E-state index contributed by atoms with van der Waals surface area (Å²) < 4.78 is 15.7. The Balaban J connectivity index is 1.96. The summed E-state index contributed by atoms with van der Waals surface area (Å²) in [6.07, 6.45) is 3.44. The van der Waals surface area contributed by atoms with Crippen molar-refractivity contribution in [2.75, 3.05) is 13.7 Å². The van der Waals surface area contributed by atoms with Crippen molar-refractivity contribution in [1.29, 1.82) is 0 Å². The molecule has 8 heteroatoms. The topological polar surface area (TPSA) is 71.2 Å². The minimum Gasteiger partial charge on any atom is -0.495 e. The standard InChI is InChI=1S/C19H15BrN4O3/c1-23-12-8-22-11-7-14(26-2)16(20)18-15(11)17(12)24(19(23)25)13(9-27-18)10-5-3-4-6-21-10/h3-8,13H,9H2,1-2H3. The van der Waals surface area contributed by atoms with Crippen LogP contribution in [0, 0.1) is 0 Å². The second-order valence-electron chi connectivity index (χ2n) is 6.40. The van der Waals surface area contributed by atoms with Gasteiger partial charge in [-0.1, -0.05) is 6.07 Å². The third-order valence-electron chi connectivity index (χ3n) is 5.01. The lowest BCUT2D eigenvalue weighted by Crippen LogP contribution is -2.30. The monoisotopic (exact) mass is 426 g/mol. The Morgan fingerprint density at radius 2 is 2.19 bits per heavy atom. The Morgan fingerprint density at radius 3 is 2.93 bits per heavy atom. The van der Waals surface area contributed by atoms with Crippen molar-refractivity contribution in [2.24, 2.45) is 7.05 Å². The quantitative estimate of drug-likeness (QED) is 0.492. The van der Waals surface area contributed by atoms with Crippen LogP contribution in [0.25, 0.3) is 21.9 Å². The molecule has 0 spiro atoms. The number of nitrogens with zero attached hydrogens (tertiary/aromatic N) is 4. The lowest BCUT2D eigenvalue weighted by atomic mass is 10.1. The Morgan fingerprint density at radius 1 is 1.33 bits per heavy atom. The molecule has 0 N–H and O–H groups in total. The first kappa shape index (κ1) is 16.3. The molecule has 0 aliphatic carbocycles. The van der Waals surface area contributed by atoms with Gasteiger partial charge in [-0.25, -0.2) is 4.79 Å². The van der Waals surface area contributed by atoms with E-state index in [4.69, 9.17) is 9.47 Å². The van der Waals surface area contributed by atoms with Crippen LogP contribution < -0.4 is 15.2 Å². The first-order chi connectivity index (χ1) is 13.1. The number of methoxy groups -OCH3 is 1. The lowest BCUT2D eigenvalue weighted by molar-refractivity contribution is 0.272. The van der Waals surface area contributed by atoms with Gasteiger partial charge in [0, 0.05) is 19.3 Å². The summed E-state index contributed by atoms with van der Waals surface area (Å²) in [5, 5.41) is 0.788. The molecule has 1 aromatic carbocycles. The Hall–Kier alpha value is -2.87. The summed E-state index contributed by atoms with van der Waals surface area (Å²) in [4.78, 5) is 22.1. The molecule has 136 valence electrons. The molecular weight excluding hydrogens is 412 g/mol. The minimum absolute atomic E-state index is 0.127. The van der Waals surface area contributed by atoms with Crippen molar-refractivity contribution >= 4 is 37.9 Å². The average molecular weight is 427 g/mol. The SMILES string of the molecule is COc1cc2ncc3c4c2c(c1Br)OCC(c1ccccn1)n4c(=O)n3C. The van der Waals surface area contributed by atoms with Crippen molar-refractivity contribution in [3.05, 3.63) is 57.3 Å². The summed E-state index contributed by atoms with van der Waals surface area (Å²) in [6.45, 7) is 0.269. The van der Waals surface area contributed by atoms with E-state index in [1.54, 1.807) is 35.7 Å². The molecule has 0 amide bonds. The number of halogens is 1. The highest BCUT2D eigenvalue weighted by Crippen LogP contribution is 2.45. The molecule has 0 saturated heterocycles. The van der Waals surface area contributed by atoms with Crippen molar-refractivity contribution < 1.29 is 9.47 Å². The molecule has 1 aliphatic heterocycles. The van der Waals surface area contributed by atoms with E-state index in [0.29, 0.717) is 21.5 Å². The van der Waals surface area contributed by atoms with E-state index in [9.17, 15) is 4.79 Å². The van der Waals surface area contributed by atoms with Crippen LogP contribution in [0.15, 0.2) is 45.9 Å². The second kappa shape index (κ2) is 5.82. The highest BCUT2D eigenvalue weighted by molar-refractivity contribution is 9.10. The van der Waals surface area contributed by atoms with Crippen LogP contribution in [0.5, 0.6) is 11.5 Å². The van der Waals surface area contributed by atoms with Crippen LogP contribution in [0.2, 0.25) is 0 Å². The van der Waals surface area contributed by atoms with Gasteiger partial charge in [-0.05, 0) is 28.1 Å². The maximum absolute atomic E-state index is 13.1. The van der Waals surface area contributed by atoms with E-state index in [1.807, 2.05) is 24.3 Å². The zero-order valence-corrected chi connectivity index (χ0v) is 16.2. The van der Waals surface area contributed by atoms with Crippen molar-refractivity contribution in [1.82, 2.24) is 19.1 Å². The molecular formula is C19H15BrN4O3. The molecule has 5 rings (SSSR count). The van der Waals surface area contributed by atoms with Gasteiger partial charge in [0.05, 0.1) is 40.9 Å². The lowest BCUT2D eigenvalue weighted by Gasteiger charge is -2.17. The van der Waals surface area contributed by atoms with Crippen LogP contribution in [0.4, 0.5) is 0 Å². The van der Waals surface area contributed by atoms with Gasteiger partial charge in [0.25, 0.3) is 0 Å². The fourth-order valence-corrected chi connectivity index (χ4v) is 4.29. The van der Waals surface area contributed by atoms with E-state index >= 15 is 0 Å². The van der Waals surface area contributed by atoms with Crippen LogP contribution in [0.3, 0.4) is 0 Å². The molecule has 1 aliphatic rings. The van der Waals surface area contributed by atoms with E-state index in [2.05, 4.69) is 25.9 Å². The van der Waals surface area contributed by atoms with Crippen LogP contribution in [-0.4, -0.2) is 32.8 Å². The largest absolute Gasteiger partial charge is 0.495 e.